The lowest BCUT2D eigenvalue weighted by Gasteiger charge is -2.05. The fourth-order valence-electron chi connectivity index (χ4n) is 2.27. The van der Waals surface area contributed by atoms with E-state index in [2.05, 4.69) is 4.98 Å². The van der Waals surface area contributed by atoms with Gasteiger partial charge in [0.05, 0.1) is 23.3 Å². The number of H-pyrrole nitrogens is 1. The number of aromatic nitrogens is 1. The number of nitrogens with one attached hydrogen (secondary N) is 1. The van der Waals surface area contributed by atoms with Gasteiger partial charge in [0.1, 0.15) is 5.69 Å². The van der Waals surface area contributed by atoms with E-state index in [1.54, 1.807) is 25.1 Å². The largest absolute Gasteiger partial charge is 0.461 e. The number of esters is 1. The van der Waals surface area contributed by atoms with Crippen molar-refractivity contribution in [1.82, 2.24) is 4.98 Å². The minimum atomic E-state index is -0.650. The average molecular weight is 304 g/mol. The van der Waals surface area contributed by atoms with Crippen molar-refractivity contribution in [3.05, 3.63) is 40.2 Å². The van der Waals surface area contributed by atoms with Crippen LogP contribution in [0.4, 0.5) is 5.69 Å². The summed E-state index contributed by atoms with van der Waals surface area (Å²) in [5, 5.41) is 11.2. The molecule has 0 unspecified atom stereocenters. The number of hydrogen-bond donors (Lipinski definition) is 1. The molecule has 0 saturated heterocycles. The van der Waals surface area contributed by atoms with Gasteiger partial charge in [-0.05, 0) is 24.6 Å². The molecular weight excluding hydrogens is 292 g/mol. The second-order valence-electron chi connectivity index (χ2n) is 4.47. The number of nitro groups is 1. The van der Waals surface area contributed by atoms with Crippen LogP contribution in [0, 0.1) is 10.1 Å². The number of nitrogens with zero attached hydrogens (tertiary/aromatic N) is 1. The monoisotopic (exact) mass is 304 g/mol. The molecule has 1 N–H and O–H groups in total. The number of carbonyl (C=O) groups excluding carboxylic acids is 1. The molecule has 8 heteroatoms. The number of hydrogen-bond acceptors (Lipinski definition) is 6. The zero-order valence-electron chi connectivity index (χ0n) is 11.6. The Bertz CT molecular complexity index is 752. The molecule has 0 bridgehead atoms. The molecule has 1 aliphatic rings. The lowest BCUT2D eigenvalue weighted by molar-refractivity contribution is -0.384. The summed E-state index contributed by atoms with van der Waals surface area (Å²) in [6, 6.07) is 4.87. The van der Waals surface area contributed by atoms with Crippen LogP contribution in [0.25, 0.3) is 11.1 Å². The zero-order chi connectivity index (χ0) is 15.7. The van der Waals surface area contributed by atoms with E-state index in [1.807, 2.05) is 0 Å². The van der Waals surface area contributed by atoms with E-state index in [1.165, 1.54) is 6.20 Å². The van der Waals surface area contributed by atoms with E-state index in [4.69, 9.17) is 14.2 Å². The Hall–Kier alpha value is -3.03. The van der Waals surface area contributed by atoms with Gasteiger partial charge in [-0.3, -0.25) is 10.1 Å². The first-order valence-corrected chi connectivity index (χ1v) is 6.54. The van der Waals surface area contributed by atoms with Crippen LogP contribution < -0.4 is 9.47 Å². The first-order valence-electron chi connectivity index (χ1n) is 6.54. The van der Waals surface area contributed by atoms with Crippen molar-refractivity contribution in [3.63, 3.8) is 0 Å². The molecule has 1 aromatic carbocycles. The molecule has 0 spiro atoms. The highest BCUT2D eigenvalue weighted by Crippen LogP contribution is 2.40. The van der Waals surface area contributed by atoms with Gasteiger partial charge < -0.3 is 19.2 Å². The molecule has 0 radical (unpaired) electrons. The van der Waals surface area contributed by atoms with Crippen molar-refractivity contribution in [1.29, 1.82) is 0 Å². The first-order chi connectivity index (χ1) is 10.6. The summed E-state index contributed by atoms with van der Waals surface area (Å²) in [6.07, 6.45) is 1.17. The first kappa shape index (κ1) is 13.9. The van der Waals surface area contributed by atoms with Crippen molar-refractivity contribution in [2.24, 2.45) is 0 Å². The molecule has 0 aliphatic carbocycles. The van der Waals surface area contributed by atoms with Gasteiger partial charge in [-0.2, -0.15) is 0 Å². The molecule has 2 aromatic rings. The Kier molecular flexibility index (Phi) is 3.42. The molecule has 0 fully saturated rings. The van der Waals surface area contributed by atoms with Crippen molar-refractivity contribution < 1.29 is 23.9 Å². The number of rotatable bonds is 4. The number of fused-ring (bicyclic) bond motifs is 1. The number of carbonyl (C=O) groups is 1. The van der Waals surface area contributed by atoms with Gasteiger partial charge in [0, 0.05) is 0 Å². The number of benzene rings is 1. The SMILES string of the molecule is CCOC(=O)c1[nH]cc([N+](=O)[O-])c1-c1ccc2c(c1)OCO2. The summed E-state index contributed by atoms with van der Waals surface area (Å²) < 4.78 is 15.4. The normalized spacial score (nSPS) is 12.2. The second kappa shape index (κ2) is 5.40. The van der Waals surface area contributed by atoms with Crippen LogP contribution in [0.15, 0.2) is 24.4 Å². The minimum Gasteiger partial charge on any atom is -0.461 e. The molecule has 114 valence electrons. The second-order valence-corrected chi connectivity index (χ2v) is 4.47. The highest BCUT2D eigenvalue weighted by molar-refractivity contribution is 5.99. The topological polar surface area (TPSA) is 104 Å². The highest BCUT2D eigenvalue weighted by Gasteiger charge is 2.28. The van der Waals surface area contributed by atoms with Crippen LogP contribution in [0.5, 0.6) is 11.5 Å². The maximum atomic E-state index is 12.0. The van der Waals surface area contributed by atoms with E-state index < -0.39 is 10.9 Å². The molecule has 8 nitrogen and oxygen atoms in total. The average Bonchev–Trinajstić information content (AvgIpc) is 3.13. The maximum Gasteiger partial charge on any atom is 0.355 e. The Morgan fingerprint density at radius 2 is 2.18 bits per heavy atom. The fraction of sp³-hybridized carbons (Fsp3) is 0.214. The number of aromatic amines is 1. The van der Waals surface area contributed by atoms with E-state index in [9.17, 15) is 14.9 Å². The summed E-state index contributed by atoms with van der Waals surface area (Å²) in [4.78, 5) is 25.2. The quantitative estimate of drug-likeness (QED) is 0.528. The molecule has 1 aromatic heterocycles. The van der Waals surface area contributed by atoms with E-state index >= 15 is 0 Å². The van der Waals surface area contributed by atoms with Gasteiger partial charge in [-0.15, -0.1) is 0 Å². The van der Waals surface area contributed by atoms with Gasteiger partial charge in [0.15, 0.2) is 11.5 Å². The van der Waals surface area contributed by atoms with Crippen LogP contribution in [0.2, 0.25) is 0 Å². The van der Waals surface area contributed by atoms with Crippen LogP contribution in [0.1, 0.15) is 17.4 Å². The molecular formula is C14H12N2O6. The summed E-state index contributed by atoms with van der Waals surface area (Å²) in [5.41, 5.74) is 0.469. The van der Waals surface area contributed by atoms with E-state index in [-0.39, 0.29) is 30.3 Å². The summed E-state index contributed by atoms with van der Waals surface area (Å²) in [6.45, 7) is 1.93. The molecule has 0 amide bonds. The molecule has 3 rings (SSSR count). The molecule has 2 heterocycles. The van der Waals surface area contributed by atoms with Crippen molar-refractivity contribution >= 4 is 11.7 Å². The predicted octanol–water partition coefficient (Wildman–Crippen LogP) is 2.50. The van der Waals surface area contributed by atoms with Gasteiger partial charge in [0.25, 0.3) is 5.69 Å². The van der Waals surface area contributed by atoms with Gasteiger partial charge >= 0.3 is 5.97 Å². The van der Waals surface area contributed by atoms with E-state index in [0.717, 1.165) is 0 Å². The molecule has 22 heavy (non-hydrogen) atoms. The Morgan fingerprint density at radius 1 is 1.41 bits per heavy atom. The van der Waals surface area contributed by atoms with Crippen molar-refractivity contribution in [2.75, 3.05) is 13.4 Å². The third-order valence-electron chi connectivity index (χ3n) is 3.20. The van der Waals surface area contributed by atoms with Crippen LogP contribution in [-0.4, -0.2) is 29.3 Å². The van der Waals surface area contributed by atoms with Gasteiger partial charge in [0.2, 0.25) is 6.79 Å². The standard InChI is InChI=1S/C14H12N2O6/c1-2-20-14(17)13-12(9(6-15-13)16(18)19)8-3-4-10-11(5-8)22-7-21-10/h3-6,15H,2,7H2,1H3. The van der Waals surface area contributed by atoms with Crippen molar-refractivity contribution in [2.45, 2.75) is 6.92 Å². The van der Waals surface area contributed by atoms with E-state index in [0.29, 0.717) is 17.1 Å². The zero-order valence-corrected chi connectivity index (χ0v) is 11.6. The molecule has 1 aliphatic heterocycles. The van der Waals surface area contributed by atoms with Gasteiger partial charge in [-0.25, -0.2) is 4.79 Å². The maximum absolute atomic E-state index is 12.0. The minimum absolute atomic E-state index is 0.0346. The van der Waals surface area contributed by atoms with Gasteiger partial charge in [-0.1, -0.05) is 6.07 Å². The van der Waals surface area contributed by atoms with Crippen LogP contribution >= 0.6 is 0 Å². The third-order valence-corrected chi connectivity index (χ3v) is 3.20. The molecule has 0 atom stereocenters. The number of ether oxygens (including phenoxy) is 3. The predicted molar refractivity (Wildman–Crippen MR) is 75.0 cm³/mol. The Balaban J connectivity index is 2.13. The fourth-order valence-corrected chi connectivity index (χ4v) is 2.27. The Morgan fingerprint density at radius 3 is 2.91 bits per heavy atom. The molecule has 0 saturated carbocycles. The summed E-state index contributed by atoms with van der Waals surface area (Å²) in [5.74, 6) is 0.380. The smallest absolute Gasteiger partial charge is 0.355 e. The summed E-state index contributed by atoms with van der Waals surface area (Å²) >= 11 is 0. The lowest BCUT2D eigenvalue weighted by Crippen LogP contribution is -2.06. The van der Waals surface area contributed by atoms with Crippen molar-refractivity contribution in [3.8, 4) is 22.6 Å². The van der Waals surface area contributed by atoms with Crippen LogP contribution in [-0.2, 0) is 4.74 Å². The van der Waals surface area contributed by atoms with Crippen LogP contribution in [0.3, 0.4) is 0 Å². The third kappa shape index (κ3) is 2.24. The lowest BCUT2D eigenvalue weighted by atomic mass is 10.0. The Labute approximate surface area is 124 Å². The highest BCUT2D eigenvalue weighted by atomic mass is 16.7. The summed E-state index contributed by atoms with van der Waals surface area (Å²) in [7, 11) is 0.